The molecule has 1 aliphatic rings. The summed E-state index contributed by atoms with van der Waals surface area (Å²) in [6, 6.07) is 12.0. The fraction of sp³-hybridized carbons (Fsp3) is 0.348. The lowest BCUT2D eigenvalue weighted by molar-refractivity contribution is -0.130. The molecule has 0 radical (unpaired) electrons. The number of carboxylic acid groups (broad SMARTS) is 1. The first kappa shape index (κ1) is 20.7. The summed E-state index contributed by atoms with van der Waals surface area (Å²) < 4.78 is 25.5. The number of piperidine rings is 1. The number of methoxy groups -OCH3 is 1. The molecule has 2 aromatic carbocycles. The molecular weight excluding hydrogens is 373 g/mol. The number of allylic oxidation sites excluding steroid dienone is 1. The standard InChI is InChI=1S/C23H26FNO4/c1-16(28-2)22(23(26)27)19-9-5-4-8-17(19)15-29-18-10-11-21(20(24)14-18)25-12-6-3-7-13-25/h4-5,8-11,14H,3,6-7,12-13,15H2,1-2H3,(H,26,27). The van der Waals surface area contributed by atoms with Crippen LogP contribution >= 0.6 is 0 Å². The molecule has 154 valence electrons. The van der Waals surface area contributed by atoms with Crippen molar-refractivity contribution in [2.45, 2.75) is 32.8 Å². The summed E-state index contributed by atoms with van der Waals surface area (Å²) in [5, 5.41) is 9.60. The van der Waals surface area contributed by atoms with Crippen LogP contribution in [0.25, 0.3) is 5.57 Å². The average molecular weight is 399 g/mol. The van der Waals surface area contributed by atoms with Crippen LogP contribution in [0.15, 0.2) is 48.2 Å². The highest BCUT2D eigenvalue weighted by atomic mass is 19.1. The number of halogens is 1. The summed E-state index contributed by atoms with van der Waals surface area (Å²) in [6.45, 7) is 3.46. The van der Waals surface area contributed by atoms with E-state index < -0.39 is 5.97 Å². The van der Waals surface area contributed by atoms with Crippen LogP contribution in [0.4, 0.5) is 10.1 Å². The Kier molecular flexibility index (Phi) is 6.75. The third-order valence-electron chi connectivity index (χ3n) is 5.17. The van der Waals surface area contributed by atoms with Crippen molar-refractivity contribution in [2.75, 3.05) is 25.1 Å². The van der Waals surface area contributed by atoms with Gasteiger partial charge in [0.05, 0.1) is 12.8 Å². The molecule has 0 unspecified atom stereocenters. The molecule has 6 heteroatoms. The minimum Gasteiger partial charge on any atom is -0.500 e. The van der Waals surface area contributed by atoms with Gasteiger partial charge in [0.1, 0.15) is 29.5 Å². The molecule has 29 heavy (non-hydrogen) atoms. The zero-order valence-electron chi connectivity index (χ0n) is 16.8. The maximum Gasteiger partial charge on any atom is 0.339 e. The van der Waals surface area contributed by atoms with Gasteiger partial charge in [0, 0.05) is 19.2 Å². The van der Waals surface area contributed by atoms with Crippen molar-refractivity contribution in [1.29, 1.82) is 0 Å². The third-order valence-corrected chi connectivity index (χ3v) is 5.17. The van der Waals surface area contributed by atoms with Gasteiger partial charge >= 0.3 is 5.97 Å². The molecule has 0 amide bonds. The van der Waals surface area contributed by atoms with Gasteiger partial charge in [0.25, 0.3) is 0 Å². The third kappa shape index (κ3) is 4.88. The van der Waals surface area contributed by atoms with Crippen LogP contribution in [0.1, 0.15) is 37.3 Å². The van der Waals surface area contributed by atoms with Crippen LogP contribution in [-0.2, 0) is 16.1 Å². The molecule has 1 saturated heterocycles. The SMILES string of the molecule is COC(C)=C(C(=O)O)c1ccccc1COc1ccc(N2CCCCC2)c(F)c1. The maximum atomic E-state index is 14.6. The Labute approximate surface area is 170 Å². The zero-order valence-corrected chi connectivity index (χ0v) is 16.8. The summed E-state index contributed by atoms with van der Waals surface area (Å²) in [5.41, 5.74) is 1.88. The number of anilines is 1. The lowest BCUT2D eigenvalue weighted by Crippen LogP contribution is -2.30. The molecule has 1 heterocycles. The summed E-state index contributed by atoms with van der Waals surface area (Å²) in [7, 11) is 1.43. The fourth-order valence-electron chi connectivity index (χ4n) is 3.58. The van der Waals surface area contributed by atoms with E-state index in [1.165, 1.54) is 19.6 Å². The first-order valence-corrected chi connectivity index (χ1v) is 9.75. The second kappa shape index (κ2) is 9.45. The Morgan fingerprint density at radius 2 is 1.86 bits per heavy atom. The molecular formula is C23H26FNO4. The summed E-state index contributed by atoms with van der Waals surface area (Å²) >= 11 is 0. The van der Waals surface area contributed by atoms with E-state index in [0.29, 0.717) is 28.3 Å². The number of hydrogen-bond donors (Lipinski definition) is 1. The van der Waals surface area contributed by atoms with Gasteiger partial charge in [0.15, 0.2) is 0 Å². The molecule has 0 saturated carbocycles. The minimum absolute atomic E-state index is 0.0818. The topological polar surface area (TPSA) is 59.0 Å². The summed E-state index contributed by atoms with van der Waals surface area (Å²) in [4.78, 5) is 13.8. The van der Waals surface area contributed by atoms with E-state index >= 15 is 0 Å². The van der Waals surface area contributed by atoms with Crippen LogP contribution in [0.3, 0.4) is 0 Å². The maximum absolute atomic E-state index is 14.6. The van der Waals surface area contributed by atoms with Crippen LogP contribution in [0.2, 0.25) is 0 Å². The fourth-order valence-corrected chi connectivity index (χ4v) is 3.58. The van der Waals surface area contributed by atoms with E-state index in [9.17, 15) is 14.3 Å². The van der Waals surface area contributed by atoms with Gasteiger partial charge in [-0.25, -0.2) is 9.18 Å². The molecule has 0 bridgehead atoms. The normalized spacial score (nSPS) is 14.9. The average Bonchev–Trinajstić information content (AvgIpc) is 2.73. The van der Waals surface area contributed by atoms with Crippen LogP contribution < -0.4 is 9.64 Å². The number of carbonyl (C=O) groups is 1. The summed E-state index contributed by atoms with van der Waals surface area (Å²) in [6.07, 6.45) is 3.34. The van der Waals surface area contributed by atoms with Crippen molar-refractivity contribution < 1.29 is 23.8 Å². The van der Waals surface area contributed by atoms with Crippen LogP contribution in [0, 0.1) is 5.82 Å². The van der Waals surface area contributed by atoms with Crippen molar-refractivity contribution in [1.82, 2.24) is 0 Å². The van der Waals surface area contributed by atoms with Crippen molar-refractivity contribution in [2.24, 2.45) is 0 Å². The zero-order chi connectivity index (χ0) is 20.8. The van der Waals surface area contributed by atoms with Crippen molar-refractivity contribution in [3.05, 3.63) is 65.2 Å². The van der Waals surface area contributed by atoms with E-state index in [1.807, 2.05) is 6.07 Å². The van der Waals surface area contributed by atoms with E-state index in [1.54, 1.807) is 37.3 Å². The van der Waals surface area contributed by atoms with Crippen LogP contribution in [-0.4, -0.2) is 31.3 Å². The number of carboxylic acids is 1. The van der Waals surface area contributed by atoms with Crippen molar-refractivity contribution in [3.8, 4) is 5.75 Å². The molecule has 2 aromatic rings. The number of hydrogen-bond acceptors (Lipinski definition) is 4. The van der Waals surface area contributed by atoms with Gasteiger partial charge in [-0.1, -0.05) is 24.3 Å². The molecule has 1 fully saturated rings. The second-order valence-electron chi connectivity index (χ2n) is 7.05. The number of nitrogens with zero attached hydrogens (tertiary/aromatic N) is 1. The number of aliphatic carboxylic acids is 1. The molecule has 0 spiro atoms. The quantitative estimate of drug-likeness (QED) is 0.532. The molecule has 3 rings (SSSR count). The Morgan fingerprint density at radius 1 is 1.14 bits per heavy atom. The predicted octanol–water partition coefficient (Wildman–Crippen LogP) is 4.86. The smallest absolute Gasteiger partial charge is 0.339 e. The Hall–Kier alpha value is -3.02. The predicted molar refractivity (Wildman–Crippen MR) is 110 cm³/mol. The van der Waals surface area contributed by atoms with E-state index in [2.05, 4.69) is 4.90 Å². The highest BCUT2D eigenvalue weighted by molar-refractivity contribution is 6.16. The Balaban J connectivity index is 1.79. The monoisotopic (exact) mass is 399 g/mol. The minimum atomic E-state index is -1.08. The summed E-state index contributed by atoms with van der Waals surface area (Å²) in [5.74, 6) is -0.669. The van der Waals surface area contributed by atoms with E-state index in [4.69, 9.17) is 9.47 Å². The van der Waals surface area contributed by atoms with Crippen LogP contribution in [0.5, 0.6) is 5.75 Å². The Bertz CT molecular complexity index is 904. The van der Waals surface area contributed by atoms with Crippen molar-refractivity contribution in [3.63, 3.8) is 0 Å². The number of rotatable bonds is 7. The van der Waals surface area contributed by atoms with Gasteiger partial charge in [-0.3, -0.25) is 0 Å². The van der Waals surface area contributed by atoms with Gasteiger partial charge in [-0.15, -0.1) is 0 Å². The lowest BCUT2D eigenvalue weighted by Gasteiger charge is -2.29. The largest absolute Gasteiger partial charge is 0.500 e. The van der Waals surface area contributed by atoms with Crippen molar-refractivity contribution >= 4 is 17.2 Å². The number of ether oxygens (including phenoxy) is 2. The van der Waals surface area contributed by atoms with Gasteiger partial charge in [-0.2, -0.15) is 0 Å². The molecule has 0 aliphatic carbocycles. The van der Waals surface area contributed by atoms with E-state index in [0.717, 1.165) is 25.9 Å². The number of benzene rings is 2. The van der Waals surface area contributed by atoms with E-state index in [-0.39, 0.29) is 18.0 Å². The molecule has 1 N–H and O–H groups in total. The first-order valence-electron chi connectivity index (χ1n) is 9.75. The first-order chi connectivity index (χ1) is 14.0. The molecule has 5 nitrogen and oxygen atoms in total. The highest BCUT2D eigenvalue weighted by Gasteiger charge is 2.19. The lowest BCUT2D eigenvalue weighted by atomic mass is 9.99. The van der Waals surface area contributed by atoms with Gasteiger partial charge in [-0.05, 0) is 49.4 Å². The van der Waals surface area contributed by atoms with Gasteiger partial charge in [0.2, 0.25) is 0 Å². The molecule has 1 aliphatic heterocycles. The Morgan fingerprint density at radius 3 is 2.52 bits per heavy atom. The molecule has 0 aromatic heterocycles. The molecule has 0 atom stereocenters. The van der Waals surface area contributed by atoms with Gasteiger partial charge < -0.3 is 19.5 Å². The second-order valence-corrected chi connectivity index (χ2v) is 7.05. The highest BCUT2D eigenvalue weighted by Crippen LogP contribution is 2.28.